The highest BCUT2D eigenvalue weighted by Crippen LogP contribution is 2.22. The molecule has 0 unspecified atom stereocenters. The smallest absolute Gasteiger partial charge is 0.225 e. The van der Waals surface area contributed by atoms with E-state index in [9.17, 15) is 4.79 Å². The molecule has 0 aliphatic carbocycles. The lowest BCUT2D eigenvalue weighted by molar-refractivity contribution is -0.120. The van der Waals surface area contributed by atoms with Crippen LogP contribution in [-0.4, -0.2) is 15.9 Å². The third kappa shape index (κ3) is 3.35. The zero-order valence-electron chi connectivity index (χ0n) is 14.2. The summed E-state index contributed by atoms with van der Waals surface area (Å²) in [6, 6.07) is 23.4. The molecule has 4 nitrogen and oxygen atoms in total. The average molecular weight is 341 g/mol. The number of H-pyrrole nitrogens is 1. The average Bonchev–Trinajstić information content (AvgIpc) is 3.10. The Bertz CT molecular complexity index is 970. The molecule has 0 fully saturated rings. The van der Waals surface area contributed by atoms with Crippen molar-refractivity contribution in [2.45, 2.75) is 12.5 Å². The van der Waals surface area contributed by atoms with Gasteiger partial charge < -0.3 is 10.3 Å². The highest BCUT2D eigenvalue weighted by molar-refractivity contribution is 5.89. The number of para-hydroxylation sites is 1. The van der Waals surface area contributed by atoms with Crippen molar-refractivity contribution in [3.05, 3.63) is 102 Å². The Morgan fingerprint density at radius 3 is 2.54 bits per heavy atom. The Morgan fingerprint density at radius 1 is 0.962 bits per heavy atom. The van der Waals surface area contributed by atoms with Crippen LogP contribution in [0, 0.1) is 0 Å². The summed E-state index contributed by atoms with van der Waals surface area (Å²) in [6.45, 7) is 0. The van der Waals surface area contributed by atoms with Gasteiger partial charge in [0.05, 0.1) is 18.2 Å². The fraction of sp³-hybridized carbons (Fsp3) is 0.0909. The summed E-state index contributed by atoms with van der Waals surface area (Å²) in [4.78, 5) is 20.4. The second kappa shape index (κ2) is 7.23. The Morgan fingerprint density at radius 2 is 1.73 bits per heavy atom. The molecular formula is C22H19N3O. The number of benzene rings is 2. The monoisotopic (exact) mass is 341 g/mol. The van der Waals surface area contributed by atoms with Crippen molar-refractivity contribution in [1.29, 1.82) is 0 Å². The molecule has 2 N–H and O–H groups in total. The van der Waals surface area contributed by atoms with E-state index in [1.54, 1.807) is 6.20 Å². The van der Waals surface area contributed by atoms with Crippen molar-refractivity contribution in [1.82, 2.24) is 15.3 Å². The number of nitrogens with one attached hydrogen (secondary N) is 2. The van der Waals surface area contributed by atoms with E-state index in [1.807, 2.05) is 79.0 Å². The molecule has 2 heterocycles. The minimum Gasteiger partial charge on any atom is -0.361 e. The number of amides is 1. The molecule has 0 aliphatic rings. The maximum absolute atomic E-state index is 12.8. The van der Waals surface area contributed by atoms with Crippen LogP contribution in [0.25, 0.3) is 10.9 Å². The van der Waals surface area contributed by atoms with Crippen LogP contribution in [-0.2, 0) is 11.2 Å². The van der Waals surface area contributed by atoms with Crippen molar-refractivity contribution < 1.29 is 4.79 Å². The number of carbonyl (C=O) groups is 1. The van der Waals surface area contributed by atoms with Gasteiger partial charge >= 0.3 is 0 Å². The predicted octanol–water partition coefficient (Wildman–Crippen LogP) is 4.01. The molecule has 0 saturated heterocycles. The summed E-state index contributed by atoms with van der Waals surface area (Å²) >= 11 is 0. The minimum absolute atomic E-state index is 0.0331. The topological polar surface area (TPSA) is 57.8 Å². The van der Waals surface area contributed by atoms with Gasteiger partial charge in [0.15, 0.2) is 0 Å². The first-order valence-electron chi connectivity index (χ1n) is 8.61. The third-order valence-electron chi connectivity index (χ3n) is 4.45. The Hall–Kier alpha value is -3.40. The van der Waals surface area contributed by atoms with E-state index >= 15 is 0 Å². The molecule has 0 radical (unpaired) electrons. The second-order valence-electron chi connectivity index (χ2n) is 6.20. The first kappa shape index (κ1) is 16.1. The predicted molar refractivity (Wildman–Crippen MR) is 103 cm³/mol. The number of aromatic amines is 1. The van der Waals surface area contributed by atoms with E-state index < -0.39 is 0 Å². The summed E-state index contributed by atoms with van der Waals surface area (Å²) in [6.07, 6.45) is 3.97. The maximum Gasteiger partial charge on any atom is 0.225 e. The highest BCUT2D eigenvalue weighted by Gasteiger charge is 2.18. The Kier molecular flexibility index (Phi) is 4.48. The second-order valence-corrected chi connectivity index (χ2v) is 6.20. The van der Waals surface area contributed by atoms with E-state index in [0.29, 0.717) is 6.42 Å². The van der Waals surface area contributed by atoms with Crippen LogP contribution in [0.3, 0.4) is 0 Å². The van der Waals surface area contributed by atoms with E-state index in [-0.39, 0.29) is 11.9 Å². The largest absolute Gasteiger partial charge is 0.361 e. The molecule has 4 rings (SSSR count). The molecule has 2 aromatic heterocycles. The summed E-state index contributed by atoms with van der Waals surface area (Å²) in [5, 5.41) is 4.22. The molecule has 0 saturated carbocycles. The molecule has 1 atom stereocenters. The SMILES string of the molecule is O=C(Cc1c[nH]c2ccccc12)N[C@@H](c1ccccc1)c1ccccn1. The zero-order valence-corrected chi connectivity index (χ0v) is 14.2. The van der Waals surface area contributed by atoms with Gasteiger partial charge in [-0.25, -0.2) is 0 Å². The van der Waals surface area contributed by atoms with E-state index in [0.717, 1.165) is 27.7 Å². The number of aromatic nitrogens is 2. The fourth-order valence-corrected chi connectivity index (χ4v) is 3.18. The first-order chi connectivity index (χ1) is 12.8. The summed E-state index contributed by atoms with van der Waals surface area (Å²) in [5.74, 6) is -0.0331. The van der Waals surface area contributed by atoms with Gasteiger partial charge in [0.25, 0.3) is 0 Å². The van der Waals surface area contributed by atoms with Crippen LogP contribution in [0.15, 0.2) is 85.2 Å². The number of nitrogens with zero attached hydrogens (tertiary/aromatic N) is 1. The van der Waals surface area contributed by atoms with Gasteiger partial charge in [0.2, 0.25) is 5.91 Å². The van der Waals surface area contributed by atoms with E-state index in [4.69, 9.17) is 0 Å². The molecule has 1 amide bonds. The van der Waals surface area contributed by atoms with Gasteiger partial charge in [-0.05, 0) is 29.3 Å². The molecule has 2 aromatic carbocycles. The molecule has 4 aromatic rings. The normalized spacial score (nSPS) is 12.0. The lowest BCUT2D eigenvalue weighted by atomic mass is 10.0. The zero-order chi connectivity index (χ0) is 17.8. The number of fused-ring (bicyclic) bond motifs is 1. The van der Waals surface area contributed by atoms with Crippen molar-refractivity contribution in [3.63, 3.8) is 0 Å². The first-order valence-corrected chi connectivity index (χ1v) is 8.61. The molecule has 26 heavy (non-hydrogen) atoms. The van der Waals surface area contributed by atoms with E-state index in [1.165, 1.54) is 0 Å². The van der Waals surface area contributed by atoms with Crippen LogP contribution < -0.4 is 5.32 Å². The summed E-state index contributed by atoms with van der Waals surface area (Å²) in [7, 11) is 0. The van der Waals surface area contributed by atoms with Crippen molar-refractivity contribution in [2.75, 3.05) is 0 Å². The van der Waals surface area contributed by atoms with Gasteiger partial charge in [0, 0.05) is 23.3 Å². The van der Waals surface area contributed by atoms with Crippen molar-refractivity contribution in [3.8, 4) is 0 Å². The van der Waals surface area contributed by atoms with Crippen LogP contribution in [0.4, 0.5) is 0 Å². The lowest BCUT2D eigenvalue weighted by Gasteiger charge is -2.19. The van der Waals surface area contributed by atoms with E-state index in [2.05, 4.69) is 15.3 Å². The van der Waals surface area contributed by atoms with Gasteiger partial charge in [0.1, 0.15) is 0 Å². The molecular weight excluding hydrogens is 322 g/mol. The van der Waals surface area contributed by atoms with Crippen LogP contribution in [0.5, 0.6) is 0 Å². The van der Waals surface area contributed by atoms with Gasteiger partial charge in [-0.15, -0.1) is 0 Å². The number of rotatable bonds is 5. The third-order valence-corrected chi connectivity index (χ3v) is 4.45. The van der Waals surface area contributed by atoms with Gasteiger partial charge in [-0.1, -0.05) is 54.6 Å². The van der Waals surface area contributed by atoms with Crippen LogP contribution in [0.2, 0.25) is 0 Å². The quantitative estimate of drug-likeness (QED) is 0.576. The number of pyridine rings is 1. The Balaban J connectivity index is 1.58. The summed E-state index contributed by atoms with van der Waals surface area (Å²) < 4.78 is 0. The molecule has 0 bridgehead atoms. The molecule has 128 valence electrons. The summed E-state index contributed by atoms with van der Waals surface area (Å²) in [5.41, 5.74) is 3.87. The van der Waals surface area contributed by atoms with Crippen LogP contribution in [0.1, 0.15) is 22.9 Å². The molecule has 4 heteroatoms. The lowest BCUT2D eigenvalue weighted by Crippen LogP contribution is -2.31. The van der Waals surface area contributed by atoms with Crippen molar-refractivity contribution in [2.24, 2.45) is 0 Å². The number of hydrogen-bond donors (Lipinski definition) is 2. The number of hydrogen-bond acceptors (Lipinski definition) is 2. The molecule has 0 spiro atoms. The molecule has 0 aliphatic heterocycles. The fourth-order valence-electron chi connectivity index (χ4n) is 3.18. The van der Waals surface area contributed by atoms with Gasteiger partial charge in [-0.3, -0.25) is 9.78 Å². The standard InChI is InChI=1S/C22H19N3O/c26-21(14-17-15-24-19-11-5-4-10-18(17)19)25-22(16-8-2-1-3-9-16)20-12-6-7-13-23-20/h1-13,15,22,24H,14H2,(H,25,26)/t22-/m0/s1. The van der Waals surface area contributed by atoms with Gasteiger partial charge in [-0.2, -0.15) is 0 Å². The number of carbonyl (C=O) groups excluding carboxylic acids is 1. The Labute approximate surface area is 151 Å². The van der Waals surface area contributed by atoms with Crippen molar-refractivity contribution >= 4 is 16.8 Å². The van der Waals surface area contributed by atoms with Crippen LogP contribution >= 0.6 is 0 Å². The minimum atomic E-state index is -0.268. The maximum atomic E-state index is 12.8. The highest BCUT2D eigenvalue weighted by atomic mass is 16.1.